The van der Waals surface area contributed by atoms with Gasteiger partial charge in [0.05, 0.1) is 5.92 Å². The van der Waals surface area contributed by atoms with Crippen LogP contribution in [0.1, 0.15) is 58.3 Å². The molecule has 1 fully saturated rings. The van der Waals surface area contributed by atoms with E-state index in [0.717, 1.165) is 18.8 Å². The number of hydrogen-bond donors (Lipinski definition) is 2. The van der Waals surface area contributed by atoms with Gasteiger partial charge in [0.2, 0.25) is 0 Å². The van der Waals surface area contributed by atoms with Crippen LogP contribution in [0.25, 0.3) is 0 Å². The summed E-state index contributed by atoms with van der Waals surface area (Å²) in [6, 6.07) is 0. The largest absolute Gasteiger partial charge is 0.481 e. The van der Waals surface area contributed by atoms with Gasteiger partial charge in [-0.15, -0.1) is 0 Å². The molecule has 0 saturated heterocycles. The van der Waals surface area contributed by atoms with Gasteiger partial charge in [-0.2, -0.15) is 0 Å². The number of aliphatic carboxylic acids is 1. The van der Waals surface area contributed by atoms with Crippen molar-refractivity contribution in [3.05, 3.63) is 0 Å². The molecule has 3 heteroatoms. The van der Waals surface area contributed by atoms with Gasteiger partial charge < -0.3 is 10.8 Å². The van der Waals surface area contributed by atoms with Gasteiger partial charge in [-0.25, -0.2) is 0 Å². The molecule has 2 atom stereocenters. The molecule has 1 aliphatic carbocycles. The van der Waals surface area contributed by atoms with Gasteiger partial charge >= 0.3 is 5.97 Å². The van der Waals surface area contributed by atoms with Crippen LogP contribution < -0.4 is 5.73 Å². The smallest absolute Gasteiger partial charge is 0.307 e. The lowest BCUT2D eigenvalue weighted by Gasteiger charge is -2.25. The van der Waals surface area contributed by atoms with Crippen LogP contribution in [0.4, 0.5) is 0 Å². The highest BCUT2D eigenvalue weighted by molar-refractivity contribution is 5.70. The summed E-state index contributed by atoms with van der Waals surface area (Å²) in [4.78, 5) is 10.9. The quantitative estimate of drug-likeness (QED) is 0.610. The number of carbonyl (C=O) groups is 1. The van der Waals surface area contributed by atoms with Crippen LogP contribution in [0.5, 0.6) is 0 Å². The Morgan fingerprint density at radius 1 is 1.41 bits per heavy atom. The molecule has 1 aliphatic rings. The van der Waals surface area contributed by atoms with Crippen LogP contribution in [0.2, 0.25) is 0 Å². The van der Waals surface area contributed by atoms with Gasteiger partial charge in [0.1, 0.15) is 0 Å². The molecule has 3 N–H and O–H groups in total. The average Bonchev–Trinajstić information content (AvgIpc) is 2.22. The number of carboxylic acids is 1. The van der Waals surface area contributed by atoms with E-state index < -0.39 is 5.97 Å². The minimum absolute atomic E-state index is 0.266. The minimum Gasteiger partial charge on any atom is -0.481 e. The van der Waals surface area contributed by atoms with Crippen LogP contribution in [-0.4, -0.2) is 17.6 Å². The first-order valence-electron chi connectivity index (χ1n) is 7.06. The highest BCUT2D eigenvalue weighted by atomic mass is 16.4. The molecule has 3 nitrogen and oxygen atoms in total. The Balaban J connectivity index is 2.02. The van der Waals surface area contributed by atoms with E-state index in [1.165, 1.54) is 38.5 Å². The predicted octanol–water partition coefficient (Wildman–Crippen LogP) is 3.03. The maximum absolute atomic E-state index is 10.9. The summed E-state index contributed by atoms with van der Waals surface area (Å²) in [7, 11) is 0. The zero-order valence-electron chi connectivity index (χ0n) is 11.0. The topological polar surface area (TPSA) is 63.3 Å². The molecule has 1 saturated carbocycles. The molecule has 0 aromatic heterocycles. The van der Waals surface area contributed by atoms with Crippen molar-refractivity contribution >= 4 is 5.97 Å². The van der Waals surface area contributed by atoms with E-state index in [0.29, 0.717) is 5.92 Å². The Kier molecular flexibility index (Phi) is 6.56. The second kappa shape index (κ2) is 7.70. The van der Waals surface area contributed by atoms with Crippen molar-refractivity contribution in [2.24, 2.45) is 23.5 Å². The van der Waals surface area contributed by atoms with Crippen LogP contribution in [0, 0.1) is 17.8 Å². The fourth-order valence-electron chi connectivity index (χ4n) is 2.61. The van der Waals surface area contributed by atoms with Crippen LogP contribution >= 0.6 is 0 Å². The molecular formula is C14H27NO2. The van der Waals surface area contributed by atoms with Gasteiger partial charge in [-0.1, -0.05) is 51.9 Å². The second-order valence-electron chi connectivity index (χ2n) is 5.69. The fourth-order valence-corrected chi connectivity index (χ4v) is 2.61. The lowest BCUT2D eigenvalue weighted by molar-refractivity contribution is -0.141. The summed E-state index contributed by atoms with van der Waals surface area (Å²) in [5, 5.41) is 8.93. The first kappa shape index (κ1) is 14.5. The van der Waals surface area contributed by atoms with Crippen molar-refractivity contribution in [1.82, 2.24) is 0 Å². The van der Waals surface area contributed by atoms with Gasteiger partial charge in [0.15, 0.2) is 0 Å². The molecular weight excluding hydrogens is 214 g/mol. The molecule has 17 heavy (non-hydrogen) atoms. The third-order valence-electron chi connectivity index (χ3n) is 4.10. The molecule has 1 rings (SSSR count). The van der Waals surface area contributed by atoms with Gasteiger partial charge in [-0.3, -0.25) is 4.79 Å². The maximum atomic E-state index is 10.9. The van der Waals surface area contributed by atoms with Gasteiger partial charge in [-0.05, 0) is 18.3 Å². The van der Waals surface area contributed by atoms with Crippen molar-refractivity contribution in [1.29, 1.82) is 0 Å². The Labute approximate surface area is 105 Å². The Morgan fingerprint density at radius 3 is 2.59 bits per heavy atom. The molecule has 0 heterocycles. The van der Waals surface area contributed by atoms with Crippen molar-refractivity contribution < 1.29 is 9.90 Å². The van der Waals surface area contributed by atoms with E-state index in [4.69, 9.17) is 10.8 Å². The number of unbranched alkanes of at least 4 members (excludes halogenated alkanes) is 1. The monoisotopic (exact) mass is 241 g/mol. The van der Waals surface area contributed by atoms with E-state index >= 15 is 0 Å². The summed E-state index contributed by atoms with van der Waals surface area (Å²) in [6.07, 6.45) is 10.1. The average molecular weight is 241 g/mol. The molecule has 0 unspecified atom stereocenters. The van der Waals surface area contributed by atoms with Crippen molar-refractivity contribution in [2.75, 3.05) is 6.54 Å². The third-order valence-corrected chi connectivity index (χ3v) is 4.10. The zero-order chi connectivity index (χ0) is 12.7. The number of nitrogens with two attached hydrogens (primary N) is 1. The van der Waals surface area contributed by atoms with E-state index in [1.807, 2.05) is 0 Å². The van der Waals surface area contributed by atoms with Gasteiger partial charge in [0, 0.05) is 6.54 Å². The maximum Gasteiger partial charge on any atom is 0.307 e. The van der Waals surface area contributed by atoms with Crippen LogP contribution in [0.3, 0.4) is 0 Å². The zero-order valence-corrected chi connectivity index (χ0v) is 11.0. The Hall–Kier alpha value is -0.570. The summed E-state index contributed by atoms with van der Waals surface area (Å²) in [5.74, 6) is 0.396. The van der Waals surface area contributed by atoms with Crippen molar-refractivity contribution in [3.8, 4) is 0 Å². The highest BCUT2D eigenvalue weighted by Crippen LogP contribution is 2.31. The first-order valence-corrected chi connectivity index (χ1v) is 7.06. The molecule has 100 valence electrons. The van der Waals surface area contributed by atoms with E-state index in [2.05, 4.69) is 6.92 Å². The molecule has 0 amide bonds. The van der Waals surface area contributed by atoms with E-state index in [-0.39, 0.29) is 12.5 Å². The Bertz CT molecular complexity index is 226. The van der Waals surface area contributed by atoms with Gasteiger partial charge in [0.25, 0.3) is 0 Å². The van der Waals surface area contributed by atoms with Crippen LogP contribution in [-0.2, 0) is 4.79 Å². The lowest BCUT2D eigenvalue weighted by Crippen LogP contribution is -2.25. The molecule has 0 aromatic carbocycles. The normalized spacial score (nSPS) is 19.6. The molecule has 0 aliphatic heterocycles. The summed E-state index contributed by atoms with van der Waals surface area (Å²) >= 11 is 0. The summed E-state index contributed by atoms with van der Waals surface area (Å²) in [5.41, 5.74) is 5.46. The summed E-state index contributed by atoms with van der Waals surface area (Å²) in [6.45, 7) is 2.41. The third kappa shape index (κ3) is 5.53. The minimum atomic E-state index is -0.742. The van der Waals surface area contributed by atoms with Crippen LogP contribution in [0.15, 0.2) is 0 Å². The predicted molar refractivity (Wildman–Crippen MR) is 69.8 cm³/mol. The molecule has 0 spiro atoms. The first-order chi connectivity index (χ1) is 8.13. The molecule has 0 aromatic rings. The fraction of sp³-hybridized carbons (Fsp3) is 0.929. The standard InChI is InChI=1S/C14H27NO2/c1-11(9-13(10-15)14(16)17)5-2-3-6-12-7-4-8-12/h11-13H,2-10,15H2,1H3,(H,16,17)/t11-,13+/m0/s1. The summed E-state index contributed by atoms with van der Waals surface area (Å²) < 4.78 is 0. The molecule has 0 bridgehead atoms. The Morgan fingerprint density at radius 2 is 2.12 bits per heavy atom. The lowest BCUT2D eigenvalue weighted by atomic mass is 9.81. The number of hydrogen-bond acceptors (Lipinski definition) is 2. The second-order valence-corrected chi connectivity index (χ2v) is 5.69. The van der Waals surface area contributed by atoms with Crippen molar-refractivity contribution in [2.45, 2.75) is 58.3 Å². The van der Waals surface area contributed by atoms with Crippen molar-refractivity contribution in [3.63, 3.8) is 0 Å². The highest BCUT2D eigenvalue weighted by Gasteiger charge is 2.19. The number of carboxylic acid groups (broad SMARTS) is 1. The molecule has 0 radical (unpaired) electrons. The SMILES string of the molecule is C[C@@H](CCCCC1CCC1)C[C@H](CN)C(=O)O. The number of rotatable bonds is 9. The van der Waals surface area contributed by atoms with E-state index in [1.54, 1.807) is 0 Å². The van der Waals surface area contributed by atoms with E-state index in [9.17, 15) is 4.79 Å².